The molecule has 43 heavy (non-hydrogen) atoms. The summed E-state index contributed by atoms with van der Waals surface area (Å²) in [5, 5.41) is 5.79. The van der Waals surface area contributed by atoms with Crippen molar-refractivity contribution in [3.8, 4) is 16.9 Å². The Balaban J connectivity index is 1.19. The Morgan fingerprint density at radius 1 is 0.837 bits per heavy atom. The lowest BCUT2D eigenvalue weighted by Gasteiger charge is -2.34. The Morgan fingerprint density at radius 2 is 1.44 bits per heavy atom. The van der Waals surface area contributed by atoms with Crippen LogP contribution in [0.15, 0.2) is 60.9 Å². The van der Waals surface area contributed by atoms with E-state index in [1.807, 2.05) is 36.4 Å². The molecule has 0 radical (unpaired) electrons. The summed E-state index contributed by atoms with van der Waals surface area (Å²) in [6, 6.07) is 14.8. The molecule has 0 aliphatic carbocycles. The van der Waals surface area contributed by atoms with Crippen LogP contribution in [0.3, 0.4) is 0 Å². The zero-order valence-electron chi connectivity index (χ0n) is 25.5. The molecular formula is C32H42N6O5. The first-order valence-corrected chi connectivity index (χ1v) is 14.5. The number of piperazine rings is 1. The molecule has 1 aliphatic heterocycles. The van der Waals surface area contributed by atoms with Gasteiger partial charge in [-0.15, -0.1) is 0 Å². The average molecular weight is 591 g/mol. The average Bonchev–Trinajstić information content (AvgIpc) is 3.00. The summed E-state index contributed by atoms with van der Waals surface area (Å²) in [6.07, 6.45) is 3.45. The van der Waals surface area contributed by atoms with Crippen LogP contribution in [0.2, 0.25) is 0 Å². The Bertz CT molecular complexity index is 1300. The molecule has 11 nitrogen and oxygen atoms in total. The van der Waals surface area contributed by atoms with E-state index in [0.29, 0.717) is 18.1 Å². The smallest absolute Gasteiger partial charge is 0.325 e. The summed E-state index contributed by atoms with van der Waals surface area (Å²) in [7, 11) is 1.74. The van der Waals surface area contributed by atoms with E-state index in [4.69, 9.17) is 14.2 Å². The second kappa shape index (κ2) is 15.4. The summed E-state index contributed by atoms with van der Waals surface area (Å²) in [5.41, 5.74) is 2.37. The van der Waals surface area contributed by atoms with E-state index < -0.39 is 11.6 Å². The zero-order valence-corrected chi connectivity index (χ0v) is 25.5. The van der Waals surface area contributed by atoms with Gasteiger partial charge in [-0.25, -0.2) is 9.97 Å². The van der Waals surface area contributed by atoms with Crippen molar-refractivity contribution >= 4 is 23.5 Å². The van der Waals surface area contributed by atoms with Crippen molar-refractivity contribution in [3.63, 3.8) is 0 Å². The van der Waals surface area contributed by atoms with E-state index in [2.05, 4.69) is 30.4 Å². The monoisotopic (exact) mass is 590 g/mol. The van der Waals surface area contributed by atoms with Gasteiger partial charge in [0.05, 0.1) is 6.61 Å². The van der Waals surface area contributed by atoms with Gasteiger partial charge in [-0.05, 0) is 62.7 Å². The van der Waals surface area contributed by atoms with Crippen molar-refractivity contribution in [3.05, 3.63) is 66.5 Å². The van der Waals surface area contributed by atoms with Crippen LogP contribution >= 0.6 is 0 Å². The number of nitrogens with zero attached hydrogens (tertiary/aromatic N) is 4. The van der Waals surface area contributed by atoms with Gasteiger partial charge in [-0.3, -0.25) is 19.4 Å². The number of anilines is 2. The van der Waals surface area contributed by atoms with Crippen molar-refractivity contribution in [1.82, 2.24) is 25.1 Å². The molecule has 230 valence electrons. The van der Waals surface area contributed by atoms with E-state index in [0.717, 1.165) is 68.4 Å². The fraction of sp³-hybridized carbons (Fsp3) is 0.438. The molecule has 1 saturated heterocycles. The van der Waals surface area contributed by atoms with Gasteiger partial charge in [0.2, 0.25) is 5.95 Å². The molecule has 0 bridgehead atoms. The lowest BCUT2D eigenvalue weighted by atomic mass is 10.1. The maximum Gasteiger partial charge on any atom is 0.325 e. The maximum absolute atomic E-state index is 12.4. The van der Waals surface area contributed by atoms with Crippen LogP contribution < -0.4 is 15.4 Å². The number of methoxy groups -OCH3 is 1. The molecule has 1 fully saturated rings. The summed E-state index contributed by atoms with van der Waals surface area (Å²) >= 11 is 0. The number of amides is 1. The number of aromatic nitrogens is 2. The Kier molecular flexibility index (Phi) is 11.4. The van der Waals surface area contributed by atoms with Crippen LogP contribution in [0.1, 0.15) is 31.1 Å². The van der Waals surface area contributed by atoms with Crippen LogP contribution in [-0.2, 0) is 14.3 Å². The third-order valence-electron chi connectivity index (χ3n) is 6.81. The minimum Gasteiger partial charge on any atom is -0.492 e. The lowest BCUT2D eigenvalue weighted by molar-refractivity contribution is -0.153. The molecule has 11 heteroatoms. The fourth-order valence-corrected chi connectivity index (χ4v) is 4.50. The third kappa shape index (κ3) is 10.6. The van der Waals surface area contributed by atoms with Crippen LogP contribution in [0.25, 0.3) is 11.1 Å². The molecular weight excluding hydrogens is 548 g/mol. The SMILES string of the molecule is COCCN1CCN(CCOc2ccc(Nc3ncc(-c4ccc(C(=O)NCC(=O)OC(C)(C)C)cc4)cn3)cc2)CC1. The number of hydrogen-bond donors (Lipinski definition) is 2. The van der Waals surface area contributed by atoms with E-state index in [1.54, 1.807) is 52.4 Å². The predicted molar refractivity (Wildman–Crippen MR) is 166 cm³/mol. The van der Waals surface area contributed by atoms with Gasteiger partial charge in [0.15, 0.2) is 0 Å². The van der Waals surface area contributed by atoms with Crippen LogP contribution in [0.5, 0.6) is 5.75 Å². The standard InChI is InChI=1S/C32H42N6O5/c1-32(2,3)43-29(39)23-33-30(40)25-7-5-24(6-8-25)26-21-34-31(35-22-26)36-27-9-11-28(12-10-27)42-20-18-38-15-13-37(14-16-38)17-19-41-4/h5-12,21-22H,13-20,23H2,1-4H3,(H,33,40)(H,34,35,36). The molecule has 1 aromatic heterocycles. The molecule has 3 aromatic rings. The number of carbonyl (C=O) groups excluding carboxylic acids is 2. The minimum atomic E-state index is -0.600. The number of carbonyl (C=O) groups is 2. The number of esters is 1. The largest absolute Gasteiger partial charge is 0.492 e. The van der Waals surface area contributed by atoms with Gasteiger partial charge in [0.1, 0.15) is 24.5 Å². The Labute approximate surface area is 253 Å². The van der Waals surface area contributed by atoms with Gasteiger partial charge < -0.3 is 24.8 Å². The lowest BCUT2D eigenvalue weighted by Crippen LogP contribution is -2.48. The summed E-state index contributed by atoms with van der Waals surface area (Å²) in [5.74, 6) is 0.460. The minimum absolute atomic E-state index is 0.190. The van der Waals surface area contributed by atoms with Crippen LogP contribution in [-0.4, -0.2) is 103 Å². The van der Waals surface area contributed by atoms with Crippen LogP contribution in [0, 0.1) is 0 Å². The number of hydrogen-bond acceptors (Lipinski definition) is 10. The quantitative estimate of drug-likeness (QED) is 0.286. The van der Waals surface area contributed by atoms with Crippen molar-refractivity contribution in [1.29, 1.82) is 0 Å². The van der Waals surface area contributed by atoms with Gasteiger partial charge in [0, 0.05) is 75.6 Å². The first kappa shape index (κ1) is 31.9. The van der Waals surface area contributed by atoms with E-state index in [1.165, 1.54) is 0 Å². The highest BCUT2D eigenvalue weighted by Gasteiger charge is 2.18. The van der Waals surface area contributed by atoms with Crippen molar-refractivity contribution in [2.75, 3.05) is 71.5 Å². The highest BCUT2D eigenvalue weighted by atomic mass is 16.6. The zero-order chi connectivity index (χ0) is 30.7. The second-order valence-electron chi connectivity index (χ2n) is 11.3. The first-order valence-electron chi connectivity index (χ1n) is 14.5. The molecule has 0 spiro atoms. The van der Waals surface area contributed by atoms with Gasteiger partial charge in [-0.1, -0.05) is 12.1 Å². The van der Waals surface area contributed by atoms with Gasteiger partial charge in [-0.2, -0.15) is 0 Å². The van der Waals surface area contributed by atoms with Gasteiger partial charge in [0.25, 0.3) is 5.91 Å². The van der Waals surface area contributed by atoms with E-state index in [9.17, 15) is 9.59 Å². The Hall–Kier alpha value is -4.06. The van der Waals surface area contributed by atoms with Gasteiger partial charge >= 0.3 is 5.97 Å². The number of rotatable bonds is 13. The Morgan fingerprint density at radius 3 is 2.02 bits per heavy atom. The number of benzene rings is 2. The molecule has 4 rings (SSSR count). The molecule has 2 aromatic carbocycles. The molecule has 1 aliphatic rings. The highest BCUT2D eigenvalue weighted by molar-refractivity contribution is 5.96. The third-order valence-corrected chi connectivity index (χ3v) is 6.81. The summed E-state index contributed by atoms with van der Waals surface area (Å²) in [6.45, 7) is 12.7. The predicted octanol–water partition coefficient (Wildman–Crippen LogP) is 3.60. The first-order chi connectivity index (χ1) is 20.7. The number of ether oxygens (including phenoxy) is 3. The van der Waals surface area contributed by atoms with Crippen molar-refractivity contribution < 1.29 is 23.8 Å². The second-order valence-corrected chi connectivity index (χ2v) is 11.3. The van der Waals surface area contributed by atoms with E-state index in [-0.39, 0.29) is 12.5 Å². The van der Waals surface area contributed by atoms with Crippen LogP contribution in [0.4, 0.5) is 11.6 Å². The molecule has 2 N–H and O–H groups in total. The van der Waals surface area contributed by atoms with Crippen molar-refractivity contribution in [2.45, 2.75) is 26.4 Å². The molecule has 2 heterocycles. The van der Waals surface area contributed by atoms with Crippen molar-refractivity contribution in [2.24, 2.45) is 0 Å². The highest BCUT2D eigenvalue weighted by Crippen LogP contribution is 2.21. The maximum atomic E-state index is 12.4. The van der Waals surface area contributed by atoms with E-state index >= 15 is 0 Å². The molecule has 0 atom stereocenters. The fourth-order valence-electron chi connectivity index (χ4n) is 4.50. The molecule has 0 unspecified atom stereocenters. The molecule has 1 amide bonds. The summed E-state index contributed by atoms with van der Waals surface area (Å²) in [4.78, 5) is 38.0. The topological polar surface area (TPSA) is 118 Å². The summed E-state index contributed by atoms with van der Waals surface area (Å²) < 4.78 is 16.3. The number of nitrogens with one attached hydrogen (secondary N) is 2. The normalized spacial score (nSPS) is 14.2. The molecule has 0 saturated carbocycles.